The van der Waals surface area contributed by atoms with Gasteiger partial charge in [0.05, 0.1) is 23.7 Å². The first-order valence-corrected chi connectivity index (χ1v) is 12.0. The molecule has 1 atom stereocenters. The number of rotatable bonds is 5. The molecule has 0 aliphatic rings. The third kappa shape index (κ3) is 3.96. The molecule has 5 aromatic rings. The predicted octanol–water partition coefficient (Wildman–Crippen LogP) is 5.98. The van der Waals surface area contributed by atoms with E-state index >= 15 is 0 Å². The Kier molecular flexibility index (Phi) is 6.01. The Labute approximate surface area is 213 Å². The molecule has 35 heavy (non-hydrogen) atoms. The number of pyridine rings is 1. The fourth-order valence-electron chi connectivity index (χ4n) is 4.76. The van der Waals surface area contributed by atoms with E-state index in [1.807, 2.05) is 79.2 Å². The van der Waals surface area contributed by atoms with E-state index in [4.69, 9.17) is 28.9 Å². The van der Waals surface area contributed by atoms with E-state index in [0.717, 1.165) is 38.9 Å². The van der Waals surface area contributed by atoms with Crippen LogP contribution in [0.4, 0.5) is 0 Å². The summed E-state index contributed by atoms with van der Waals surface area (Å²) in [6.07, 6.45) is 3.52. The Morgan fingerprint density at radius 1 is 0.943 bits per heavy atom. The van der Waals surface area contributed by atoms with Crippen molar-refractivity contribution in [2.75, 3.05) is 0 Å². The average molecular weight is 503 g/mol. The van der Waals surface area contributed by atoms with E-state index in [1.165, 1.54) is 0 Å². The van der Waals surface area contributed by atoms with Gasteiger partial charge in [0.2, 0.25) is 0 Å². The smallest absolute Gasteiger partial charge is 0.251 e. The van der Waals surface area contributed by atoms with Gasteiger partial charge in [0.1, 0.15) is 5.54 Å². The van der Waals surface area contributed by atoms with E-state index in [-0.39, 0.29) is 5.56 Å². The van der Waals surface area contributed by atoms with Crippen molar-refractivity contribution in [3.63, 3.8) is 0 Å². The molecule has 0 spiro atoms. The molecule has 0 aliphatic carbocycles. The topological polar surface area (TPSA) is 65.8 Å². The van der Waals surface area contributed by atoms with Crippen molar-refractivity contribution >= 4 is 34.1 Å². The number of halogens is 2. The third-order valence-corrected chi connectivity index (χ3v) is 7.03. The van der Waals surface area contributed by atoms with Gasteiger partial charge in [-0.1, -0.05) is 53.5 Å². The number of aromatic nitrogens is 3. The molecule has 2 N–H and O–H groups in total. The van der Waals surface area contributed by atoms with Crippen LogP contribution in [0.1, 0.15) is 23.7 Å². The number of imidazole rings is 1. The fraction of sp³-hybridized carbons (Fsp3) is 0.143. The van der Waals surface area contributed by atoms with Gasteiger partial charge in [-0.3, -0.25) is 4.79 Å². The molecule has 0 aliphatic heterocycles. The van der Waals surface area contributed by atoms with Gasteiger partial charge >= 0.3 is 0 Å². The van der Waals surface area contributed by atoms with Gasteiger partial charge in [-0.05, 0) is 65.6 Å². The molecule has 5 rings (SSSR count). The average Bonchev–Trinajstić information content (AvgIpc) is 3.29. The standard InChI is InChI=1S/C28H24Cl2N4O/c1-3-34-25-12-9-20(14-24(25)23(15-27(34)35)18-5-4-6-22(30)13-18)28(31,26-16-32-17-33(26)2)19-7-10-21(29)11-8-19/h4-17H,3,31H2,1-2H3/t28-/m1/s1. The largest absolute Gasteiger partial charge is 0.336 e. The molecule has 0 unspecified atom stereocenters. The number of nitrogens with zero attached hydrogens (tertiary/aromatic N) is 3. The molecule has 176 valence electrons. The Morgan fingerprint density at radius 2 is 1.69 bits per heavy atom. The van der Waals surface area contributed by atoms with Gasteiger partial charge in [-0.2, -0.15) is 0 Å². The number of hydrogen-bond donors (Lipinski definition) is 1. The Hall–Kier alpha value is -3.38. The molecule has 0 radical (unpaired) electrons. The quantitative estimate of drug-likeness (QED) is 0.321. The van der Waals surface area contributed by atoms with Crippen LogP contribution >= 0.6 is 23.2 Å². The summed E-state index contributed by atoms with van der Waals surface area (Å²) >= 11 is 12.5. The molecule has 3 aromatic carbocycles. The second-order valence-electron chi connectivity index (χ2n) is 8.59. The van der Waals surface area contributed by atoms with Gasteiger partial charge in [0.25, 0.3) is 5.56 Å². The van der Waals surface area contributed by atoms with Crippen LogP contribution < -0.4 is 11.3 Å². The molecule has 0 saturated heterocycles. The van der Waals surface area contributed by atoms with Crippen molar-refractivity contribution in [2.24, 2.45) is 12.8 Å². The molecule has 0 saturated carbocycles. The Balaban J connectivity index is 1.85. The minimum atomic E-state index is -1.01. The molecule has 0 amide bonds. The fourth-order valence-corrected chi connectivity index (χ4v) is 5.08. The van der Waals surface area contributed by atoms with E-state index < -0.39 is 5.54 Å². The van der Waals surface area contributed by atoms with Crippen molar-refractivity contribution in [3.8, 4) is 11.1 Å². The van der Waals surface area contributed by atoms with Gasteiger partial charge in [-0.25, -0.2) is 4.98 Å². The number of benzene rings is 3. The summed E-state index contributed by atoms with van der Waals surface area (Å²) in [6, 6.07) is 22.8. The molecular formula is C28H24Cl2N4O. The first-order chi connectivity index (χ1) is 16.8. The zero-order chi connectivity index (χ0) is 24.7. The number of nitrogens with two attached hydrogens (primary N) is 1. The maximum absolute atomic E-state index is 13.0. The summed E-state index contributed by atoms with van der Waals surface area (Å²) in [4.78, 5) is 17.3. The maximum atomic E-state index is 13.0. The lowest BCUT2D eigenvalue weighted by Gasteiger charge is -2.32. The minimum absolute atomic E-state index is 0.0638. The molecule has 5 nitrogen and oxygen atoms in total. The van der Waals surface area contributed by atoms with E-state index in [9.17, 15) is 4.79 Å². The predicted molar refractivity (Wildman–Crippen MR) is 143 cm³/mol. The summed E-state index contributed by atoms with van der Waals surface area (Å²) in [7, 11) is 1.92. The van der Waals surface area contributed by atoms with Gasteiger partial charge in [0.15, 0.2) is 0 Å². The lowest BCUT2D eigenvalue weighted by atomic mass is 9.80. The maximum Gasteiger partial charge on any atom is 0.251 e. The Bertz CT molecular complexity index is 1600. The second kappa shape index (κ2) is 9.00. The van der Waals surface area contributed by atoms with Crippen LogP contribution in [-0.2, 0) is 19.1 Å². The SMILES string of the molecule is CCn1c(=O)cc(-c2cccc(Cl)c2)c2cc([C@](N)(c3ccc(Cl)cc3)c3cncn3C)ccc21. The lowest BCUT2D eigenvalue weighted by molar-refractivity contribution is 0.596. The van der Waals surface area contributed by atoms with Crippen LogP contribution in [0.3, 0.4) is 0 Å². The third-order valence-electron chi connectivity index (χ3n) is 6.54. The van der Waals surface area contributed by atoms with Crippen molar-refractivity contribution < 1.29 is 0 Å². The Morgan fingerprint density at radius 3 is 2.34 bits per heavy atom. The van der Waals surface area contributed by atoms with Crippen molar-refractivity contribution in [3.05, 3.63) is 123 Å². The highest BCUT2D eigenvalue weighted by atomic mass is 35.5. The highest BCUT2D eigenvalue weighted by Gasteiger charge is 2.35. The molecule has 2 aromatic heterocycles. The zero-order valence-electron chi connectivity index (χ0n) is 19.4. The molecular weight excluding hydrogens is 479 g/mol. The summed E-state index contributed by atoms with van der Waals surface area (Å²) < 4.78 is 3.68. The van der Waals surface area contributed by atoms with Crippen LogP contribution in [-0.4, -0.2) is 14.1 Å². The number of fused-ring (bicyclic) bond motifs is 1. The minimum Gasteiger partial charge on any atom is -0.336 e. The molecule has 0 fully saturated rings. The van der Waals surface area contributed by atoms with Crippen molar-refractivity contribution in [1.29, 1.82) is 0 Å². The summed E-state index contributed by atoms with van der Waals surface area (Å²) in [5.74, 6) is 0. The van der Waals surface area contributed by atoms with Crippen LogP contribution in [0.5, 0.6) is 0 Å². The van der Waals surface area contributed by atoms with Gasteiger partial charge in [-0.15, -0.1) is 0 Å². The highest BCUT2D eigenvalue weighted by molar-refractivity contribution is 6.31. The molecule has 7 heteroatoms. The van der Waals surface area contributed by atoms with E-state index in [1.54, 1.807) is 23.2 Å². The van der Waals surface area contributed by atoms with Gasteiger partial charge in [0, 0.05) is 35.1 Å². The van der Waals surface area contributed by atoms with Crippen LogP contribution in [0.2, 0.25) is 10.0 Å². The van der Waals surface area contributed by atoms with Gasteiger partial charge < -0.3 is 14.9 Å². The normalized spacial score (nSPS) is 13.2. The first-order valence-electron chi connectivity index (χ1n) is 11.3. The lowest BCUT2D eigenvalue weighted by Crippen LogP contribution is -2.41. The van der Waals surface area contributed by atoms with Crippen molar-refractivity contribution in [1.82, 2.24) is 14.1 Å². The summed E-state index contributed by atoms with van der Waals surface area (Å²) in [6.45, 7) is 2.52. The number of aryl methyl sites for hydroxylation is 2. The monoisotopic (exact) mass is 502 g/mol. The summed E-state index contributed by atoms with van der Waals surface area (Å²) in [5, 5.41) is 2.16. The van der Waals surface area contributed by atoms with Crippen LogP contribution in [0, 0.1) is 0 Å². The molecule has 2 heterocycles. The number of hydrogen-bond acceptors (Lipinski definition) is 3. The van der Waals surface area contributed by atoms with Crippen LogP contribution in [0.15, 0.2) is 90.1 Å². The highest BCUT2D eigenvalue weighted by Crippen LogP contribution is 2.38. The van der Waals surface area contributed by atoms with Crippen molar-refractivity contribution in [2.45, 2.75) is 19.0 Å². The second-order valence-corrected chi connectivity index (χ2v) is 9.46. The zero-order valence-corrected chi connectivity index (χ0v) is 20.9. The molecule has 0 bridgehead atoms. The van der Waals surface area contributed by atoms with Crippen LogP contribution in [0.25, 0.3) is 22.0 Å². The first kappa shape index (κ1) is 23.4. The summed E-state index contributed by atoms with van der Waals surface area (Å²) in [5.41, 5.74) is 11.3. The van der Waals surface area contributed by atoms with E-state index in [2.05, 4.69) is 11.1 Å². The van der Waals surface area contributed by atoms with E-state index in [0.29, 0.717) is 16.6 Å².